The first kappa shape index (κ1) is 30.0. The van der Waals surface area contributed by atoms with Crippen molar-refractivity contribution in [3.63, 3.8) is 0 Å². The van der Waals surface area contributed by atoms with Crippen molar-refractivity contribution in [1.82, 2.24) is 9.97 Å². The number of nitrogens with one attached hydrogen (secondary N) is 1. The van der Waals surface area contributed by atoms with Crippen LogP contribution in [0.25, 0.3) is 44.4 Å². The van der Waals surface area contributed by atoms with E-state index in [2.05, 4.69) is 4.98 Å². The van der Waals surface area contributed by atoms with E-state index in [4.69, 9.17) is 20.6 Å². The highest BCUT2D eigenvalue weighted by Crippen LogP contribution is 2.37. The van der Waals surface area contributed by atoms with Crippen molar-refractivity contribution in [2.45, 2.75) is 18.9 Å². The average Bonchev–Trinajstić information content (AvgIpc) is 2.97. The van der Waals surface area contributed by atoms with E-state index in [1.165, 1.54) is 12.3 Å². The lowest BCUT2D eigenvalue weighted by Gasteiger charge is -2.14. The standard InChI is InChI=1S/C28H20F3N3O.C2HF3O2/c29-28(30,31)21-8-4-7-20(13-21)24-16-33-27(35)23-14-22(18-5-2-1-3-6-18)25(34-26(23)24)19-11-9-17(15-32)10-12-19;3-2(4,5)1(6)7/h1-14,16H,15,32H2,(H,33,35);(H,6,7). The number of nitrogens with two attached hydrogens (primary N) is 1. The van der Waals surface area contributed by atoms with E-state index in [0.717, 1.165) is 34.4 Å². The number of hydrogen-bond acceptors (Lipinski definition) is 4. The molecule has 0 fully saturated rings. The quantitative estimate of drug-likeness (QED) is 0.196. The molecule has 0 atom stereocenters. The summed E-state index contributed by atoms with van der Waals surface area (Å²) in [6, 6.07) is 23.9. The van der Waals surface area contributed by atoms with E-state index < -0.39 is 23.9 Å². The summed E-state index contributed by atoms with van der Waals surface area (Å²) in [4.78, 5) is 29.2. The minimum atomic E-state index is -5.08. The van der Waals surface area contributed by atoms with Crippen molar-refractivity contribution in [3.8, 4) is 33.5 Å². The van der Waals surface area contributed by atoms with Crippen LogP contribution >= 0.6 is 0 Å². The summed E-state index contributed by atoms with van der Waals surface area (Å²) in [5.74, 6) is -2.76. The Balaban J connectivity index is 0.000000517. The number of alkyl halides is 6. The Bertz CT molecular complexity index is 1780. The molecule has 0 aliphatic heterocycles. The number of carboxylic acids is 1. The molecule has 6 nitrogen and oxygen atoms in total. The minimum Gasteiger partial charge on any atom is -0.475 e. The first-order valence-corrected chi connectivity index (χ1v) is 12.2. The van der Waals surface area contributed by atoms with Crippen LogP contribution in [0, 0.1) is 0 Å². The predicted molar refractivity (Wildman–Crippen MR) is 145 cm³/mol. The second kappa shape index (κ2) is 11.9. The Hall–Kier alpha value is -4.97. The number of halogens is 6. The second-order valence-electron chi connectivity index (χ2n) is 8.96. The van der Waals surface area contributed by atoms with E-state index >= 15 is 0 Å². The molecule has 0 bridgehead atoms. The Morgan fingerprint density at radius 2 is 1.43 bits per heavy atom. The maximum Gasteiger partial charge on any atom is 0.490 e. The molecule has 0 spiro atoms. The van der Waals surface area contributed by atoms with Gasteiger partial charge in [0.15, 0.2) is 0 Å². The second-order valence-corrected chi connectivity index (χ2v) is 8.96. The number of rotatable bonds is 4. The molecule has 216 valence electrons. The van der Waals surface area contributed by atoms with Crippen molar-refractivity contribution in [2.24, 2.45) is 5.73 Å². The van der Waals surface area contributed by atoms with Crippen molar-refractivity contribution in [1.29, 1.82) is 0 Å². The highest BCUT2D eigenvalue weighted by Gasteiger charge is 2.38. The van der Waals surface area contributed by atoms with Gasteiger partial charge in [0.2, 0.25) is 0 Å². The number of hydrogen-bond donors (Lipinski definition) is 3. The molecule has 0 amide bonds. The smallest absolute Gasteiger partial charge is 0.475 e. The van der Waals surface area contributed by atoms with E-state index in [0.29, 0.717) is 34.3 Å². The average molecular weight is 586 g/mol. The van der Waals surface area contributed by atoms with Crippen LogP contribution in [0.3, 0.4) is 0 Å². The van der Waals surface area contributed by atoms with Crippen LogP contribution in [0.4, 0.5) is 26.3 Å². The van der Waals surface area contributed by atoms with Gasteiger partial charge in [-0.2, -0.15) is 26.3 Å². The maximum absolute atomic E-state index is 13.4. The van der Waals surface area contributed by atoms with Gasteiger partial charge in [-0.05, 0) is 34.9 Å². The first-order chi connectivity index (χ1) is 19.8. The number of carboxylic acid groups (broad SMARTS) is 1. The lowest BCUT2D eigenvalue weighted by Crippen LogP contribution is -2.21. The third-order valence-corrected chi connectivity index (χ3v) is 6.16. The zero-order valence-corrected chi connectivity index (χ0v) is 21.4. The van der Waals surface area contributed by atoms with Gasteiger partial charge >= 0.3 is 18.3 Å². The number of carbonyl (C=O) groups is 1. The molecule has 5 rings (SSSR count). The third-order valence-electron chi connectivity index (χ3n) is 6.16. The van der Waals surface area contributed by atoms with E-state index in [1.807, 2.05) is 54.6 Å². The molecular weight excluding hydrogens is 564 g/mol. The fourth-order valence-corrected chi connectivity index (χ4v) is 4.12. The van der Waals surface area contributed by atoms with Gasteiger partial charge < -0.3 is 15.8 Å². The molecule has 0 aliphatic rings. The SMILES string of the molecule is NCc1ccc(-c2nc3c(-c4cccc(C(F)(F)F)c4)c[nH]c(=O)c3cc2-c2ccccc2)cc1.O=C(O)C(F)(F)F. The van der Waals surface area contributed by atoms with Gasteiger partial charge in [0.05, 0.1) is 22.2 Å². The van der Waals surface area contributed by atoms with Crippen LogP contribution in [-0.4, -0.2) is 27.2 Å². The summed E-state index contributed by atoms with van der Waals surface area (Å²) in [7, 11) is 0. The maximum atomic E-state index is 13.4. The lowest BCUT2D eigenvalue weighted by atomic mass is 9.95. The van der Waals surface area contributed by atoms with Crippen LogP contribution in [0.2, 0.25) is 0 Å². The van der Waals surface area contributed by atoms with Gasteiger partial charge in [-0.15, -0.1) is 0 Å². The van der Waals surface area contributed by atoms with Crippen molar-refractivity contribution in [3.05, 3.63) is 113 Å². The Morgan fingerprint density at radius 1 is 0.810 bits per heavy atom. The lowest BCUT2D eigenvalue weighted by molar-refractivity contribution is -0.192. The molecule has 2 heterocycles. The zero-order chi connectivity index (χ0) is 30.7. The number of nitrogens with zero attached hydrogens (tertiary/aromatic N) is 1. The van der Waals surface area contributed by atoms with Gasteiger partial charge in [-0.25, -0.2) is 9.78 Å². The van der Waals surface area contributed by atoms with Crippen LogP contribution in [0.5, 0.6) is 0 Å². The molecule has 3 aromatic carbocycles. The van der Waals surface area contributed by atoms with Gasteiger partial charge in [0.25, 0.3) is 5.56 Å². The van der Waals surface area contributed by atoms with Gasteiger partial charge in [0.1, 0.15) is 0 Å². The number of benzene rings is 3. The molecule has 0 aliphatic carbocycles. The molecule has 2 aromatic heterocycles. The van der Waals surface area contributed by atoms with Crippen LogP contribution in [-0.2, 0) is 17.5 Å². The number of fused-ring (bicyclic) bond motifs is 1. The number of H-pyrrole nitrogens is 1. The summed E-state index contributed by atoms with van der Waals surface area (Å²) in [6.45, 7) is 0.395. The molecular formula is C30H21F6N3O3. The number of aliphatic carboxylic acids is 1. The molecule has 42 heavy (non-hydrogen) atoms. The predicted octanol–water partition coefficient (Wildman–Crippen LogP) is 7.03. The monoisotopic (exact) mass is 585 g/mol. The first-order valence-electron chi connectivity index (χ1n) is 12.2. The summed E-state index contributed by atoms with van der Waals surface area (Å²) in [5.41, 5.74) is 9.63. The van der Waals surface area contributed by atoms with E-state index in [-0.39, 0.29) is 5.56 Å². The fraction of sp³-hybridized carbons (Fsp3) is 0.100. The zero-order valence-electron chi connectivity index (χ0n) is 21.4. The number of pyridine rings is 2. The molecule has 0 radical (unpaired) electrons. The highest BCUT2D eigenvalue weighted by atomic mass is 19.4. The third kappa shape index (κ3) is 6.66. The largest absolute Gasteiger partial charge is 0.490 e. The molecule has 4 N–H and O–H groups in total. The fourth-order valence-electron chi connectivity index (χ4n) is 4.12. The molecule has 12 heteroatoms. The van der Waals surface area contributed by atoms with Crippen LogP contribution in [0.15, 0.2) is 95.9 Å². The summed E-state index contributed by atoms with van der Waals surface area (Å²) in [6.07, 6.45) is -8.16. The molecule has 0 unspecified atom stereocenters. The Morgan fingerprint density at radius 3 is 2.00 bits per heavy atom. The minimum absolute atomic E-state index is 0.293. The normalized spacial score (nSPS) is 11.6. The Kier molecular flexibility index (Phi) is 8.48. The van der Waals surface area contributed by atoms with Gasteiger partial charge in [-0.3, -0.25) is 4.79 Å². The Labute approximate surface area is 234 Å². The van der Waals surface area contributed by atoms with Crippen molar-refractivity contribution >= 4 is 16.9 Å². The number of aromatic amines is 1. The van der Waals surface area contributed by atoms with E-state index in [9.17, 15) is 31.1 Å². The number of aromatic nitrogens is 2. The van der Waals surface area contributed by atoms with E-state index in [1.54, 1.807) is 12.1 Å². The highest BCUT2D eigenvalue weighted by molar-refractivity contribution is 5.98. The van der Waals surface area contributed by atoms with Crippen LogP contribution < -0.4 is 11.3 Å². The molecule has 5 aromatic rings. The van der Waals surface area contributed by atoms with Crippen LogP contribution in [0.1, 0.15) is 11.1 Å². The molecule has 0 saturated carbocycles. The summed E-state index contributed by atoms with van der Waals surface area (Å²) < 4.78 is 71.8. The molecule has 0 saturated heterocycles. The van der Waals surface area contributed by atoms with Crippen molar-refractivity contribution in [2.75, 3.05) is 0 Å². The summed E-state index contributed by atoms with van der Waals surface area (Å²) in [5, 5.41) is 7.42. The topological polar surface area (TPSA) is 109 Å². The van der Waals surface area contributed by atoms with Gasteiger partial charge in [-0.1, -0.05) is 66.7 Å². The van der Waals surface area contributed by atoms with Crippen molar-refractivity contribution < 1.29 is 36.2 Å². The summed E-state index contributed by atoms with van der Waals surface area (Å²) >= 11 is 0. The van der Waals surface area contributed by atoms with Gasteiger partial charge in [0, 0.05) is 29.4 Å².